The van der Waals surface area contributed by atoms with Crippen LogP contribution in [0.5, 0.6) is 0 Å². The molecule has 0 bridgehead atoms. The van der Waals surface area contributed by atoms with Gasteiger partial charge in [0.15, 0.2) is 5.60 Å². The first-order valence-electron chi connectivity index (χ1n) is 10.4. The van der Waals surface area contributed by atoms with E-state index in [-0.39, 0.29) is 4.90 Å². The zero-order chi connectivity index (χ0) is 23.1. The summed E-state index contributed by atoms with van der Waals surface area (Å²) >= 11 is -2.38. The molecule has 1 N–H and O–H groups in total. The van der Waals surface area contributed by atoms with E-state index in [1.165, 1.54) is 12.1 Å². The number of hydrogen-bond donors (Lipinski definition) is 1. The molecule has 0 amide bonds. The SMILES string of the molecule is Cc1ccc(S(=O)(=O)N[S@@](=O)OC2(c3ccccc3)c3ccccc3-c3ccccc32)cc1. The van der Waals surface area contributed by atoms with E-state index >= 15 is 0 Å². The first kappa shape index (κ1) is 21.7. The van der Waals surface area contributed by atoms with E-state index in [0.29, 0.717) is 0 Å². The van der Waals surface area contributed by atoms with Gasteiger partial charge in [0.25, 0.3) is 10.0 Å². The second-order valence-electron chi connectivity index (χ2n) is 7.86. The molecule has 4 aromatic rings. The van der Waals surface area contributed by atoms with Gasteiger partial charge in [0.05, 0.1) is 4.90 Å². The second-order valence-corrected chi connectivity index (χ2v) is 10.6. The Hall–Kier alpha value is -3.10. The van der Waals surface area contributed by atoms with Gasteiger partial charge in [-0.05, 0) is 35.7 Å². The van der Waals surface area contributed by atoms with Crippen molar-refractivity contribution in [1.29, 1.82) is 0 Å². The van der Waals surface area contributed by atoms with Gasteiger partial charge in [-0.2, -0.15) is 0 Å². The number of aryl methyl sites for hydroxylation is 1. The van der Waals surface area contributed by atoms with Crippen LogP contribution in [0.3, 0.4) is 0 Å². The molecule has 5 nitrogen and oxygen atoms in total. The Kier molecular flexibility index (Phi) is 5.50. The van der Waals surface area contributed by atoms with Crippen LogP contribution in [0.2, 0.25) is 0 Å². The second kappa shape index (κ2) is 8.35. The highest BCUT2D eigenvalue weighted by Crippen LogP contribution is 2.53. The van der Waals surface area contributed by atoms with Crippen molar-refractivity contribution >= 4 is 21.3 Å². The molecule has 1 aliphatic rings. The third-order valence-corrected chi connectivity index (χ3v) is 8.51. The summed E-state index contributed by atoms with van der Waals surface area (Å²) < 4.78 is 47.4. The Balaban J connectivity index is 1.61. The number of sulfonamides is 1. The van der Waals surface area contributed by atoms with Crippen LogP contribution in [0.1, 0.15) is 22.3 Å². The van der Waals surface area contributed by atoms with Gasteiger partial charge in [-0.25, -0.2) is 12.6 Å². The summed E-state index contributed by atoms with van der Waals surface area (Å²) in [5.74, 6) is 0. The zero-order valence-electron chi connectivity index (χ0n) is 17.8. The molecule has 0 unspecified atom stereocenters. The fraction of sp³-hybridized carbons (Fsp3) is 0.0769. The predicted molar refractivity (Wildman–Crippen MR) is 129 cm³/mol. The van der Waals surface area contributed by atoms with Gasteiger partial charge in [0.1, 0.15) is 0 Å². The van der Waals surface area contributed by atoms with E-state index in [1.807, 2.05) is 85.8 Å². The van der Waals surface area contributed by atoms with Gasteiger partial charge in [-0.3, -0.25) is 4.18 Å². The van der Waals surface area contributed by atoms with Gasteiger partial charge in [0, 0.05) is 11.1 Å². The number of benzene rings is 4. The first-order valence-corrected chi connectivity index (χ1v) is 12.9. The summed E-state index contributed by atoms with van der Waals surface area (Å²) in [6.07, 6.45) is 0. The fourth-order valence-corrected chi connectivity index (χ4v) is 6.54. The van der Waals surface area contributed by atoms with Crippen LogP contribution in [0, 0.1) is 6.92 Å². The maximum atomic E-state index is 13.3. The summed E-state index contributed by atoms with van der Waals surface area (Å²) in [6.45, 7) is 1.86. The normalized spacial score (nSPS) is 14.9. The Labute approximate surface area is 195 Å². The molecule has 0 saturated heterocycles. The van der Waals surface area contributed by atoms with Crippen LogP contribution in [0.4, 0.5) is 0 Å². The predicted octanol–water partition coefficient (Wildman–Crippen LogP) is 4.84. The zero-order valence-corrected chi connectivity index (χ0v) is 19.4. The highest BCUT2D eigenvalue weighted by molar-refractivity contribution is 8.00. The van der Waals surface area contributed by atoms with Gasteiger partial charge in [0.2, 0.25) is 11.3 Å². The minimum Gasteiger partial charge on any atom is -0.256 e. The first-order chi connectivity index (χ1) is 15.9. The number of rotatable bonds is 6. The topological polar surface area (TPSA) is 72.5 Å². The number of nitrogens with one attached hydrogen (secondary N) is 1. The number of hydrogen-bond acceptors (Lipinski definition) is 4. The lowest BCUT2D eigenvalue weighted by Gasteiger charge is -2.31. The van der Waals surface area contributed by atoms with Crippen molar-refractivity contribution in [3.8, 4) is 11.1 Å². The van der Waals surface area contributed by atoms with Gasteiger partial charge < -0.3 is 0 Å². The molecule has 0 spiro atoms. The molecule has 166 valence electrons. The standard InChI is InChI=1S/C26H21NO4S2/c1-19-15-17-21(18-16-19)33(29,30)27-32(28)31-26(20-9-3-2-4-10-20)24-13-7-5-11-22(24)23-12-6-8-14-25(23)26/h2-18,27H,1H3/t32-/m0/s1. The molecule has 33 heavy (non-hydrogen) atoms. The van der Waals surface area contributed by atoms with Crippen LogP contribution in [0.15, 0.2) is 108 Å². The van der Waals surface area contributed by atoms with E-state index in [9.17, 15) is 12.6 Å². The Morgan fingerprint density at radius 1 is 0.727 bits per heavy atom. The van der Waals surface area contributed by atoms with Crippen molar-refractivity contribution in [1.82, 2.24) is 4.13 Å². The molecule has 7 heteroatoms. The third-order valence-electron chi connectivity index (χ3n) is 5.79. The fourth-order valence-electron chi connectivity index (χ4n) is 4.30. The lowest BCUT2D eigenvalue weighted by molar-refractivity contribution is 0.183. The van der Waals surface area contributed by atoms with Gasteiger partial charge in [-0.15, -0.1) is 4.13 Å². The maximum absolute atomic E-state index is 13.3. The molecule has 0 aromatic heterocycles. The molecule has 4 aromatic carbocycles. The van der Waals surface area contributed by atoms with E-state index < -0.39 is 26.9 Å². The largest absolute Gasteiger partial charge is 0.256 e. The minimum atomic E-state index is -4.06. The monoisotopic (exact) mass is 475 g/mol. The minimum absolute atomic E-state index is 0.0195. The molecule has 0 radical (unpaired) electrons. The average molecular weight is 476 g/mol. The molecular weight excluding hydrogens is 454 g/mol. The molecule has 1 atom stereocenters. The van der Waals surface area contributed by atoms with Crippen molar-refractivity contribution in [2.75, 3.05) is 0 Å². The van der Waals surface area contributed by atoms with Crippen molar-refractivity contribution < 1.29 is 16.8 Å². The van der Waals surface area contributed by atoms with Gasteiger partial charge in [-0.1, -0.05) is 96.6 Å². The maximum Gasteiger partial charge on any atom is 0.253 e. The summed E-state index contributed by atoms with van der Waals surface area (Å²) in [5.41, 5.74) is 3.96. The van der Waals surface area contributed by atoms with Crippen LogP contribution in [-0.2, 0) is 31.1 Å². The molecule has 0 aliphatic heterocycles. The summed E-state index contributed by atoms with van der Waals surface area (Å²) in [6, 6.07) is 31.2. The Morgan fingerprint density at radius 2 is 1.24 bits per heavy atom. The highest BCUT2D eigenvalue weighted by Gasteiger charge is 2.48. The average Bonchev–Trinajstić information content (AvgIpc) is 3.10. The molecule has 0 saturated carbocycles. The van der Waals surface area contributed by atoms with Crippen LogP contribution in [-0.4, -0.2) is 12.6 Å². The molecule has 0 fully saturated rings. The molecule has 1 aliphatic carbocycles. The quantitative estimate of drug-likeness (QED) is 0.433. The molecule has 5 rings (SSSR count). The van der Waals surface area contributed by atoms with E-state index in [4.69, 9.17) is 4.18 Å². The number of fused-ring (bicyclic) bond motifs is 3. The molecular formula is C26H21NO4S2. The van der Waals surface area contributed by atoms with Crippen molar-refractivity contribution in [3.63, 3.8) is 0 Å². The lowest BCUT2D eigenvalue weighted by atomic mass is 9.84. The summed E-state index contributed by atoms with van der Waals surface area (Å²) in [5, 5.41) is 0. The molecule has 0 heterocycles. The summed E-state index contributed by atoms with van der Waals surface area (Å²) in [4.78, 5) is 0.0195. The van der Waals surface area contributed by atoms with Crippen LogP contribution in [0.25, 0.3) is 11.1 Å². The Morgan fingerprint density at radius 3 is 1.82 bits per heavy atom. The van der Waals surface area contributed by atoms with Gasteiger partial charge >= 0.3 is 0 Å². The van der Waals surface area contributed by atoms with E-state index in [1.54, 1.807) is 12.1 Å². The third kappa shape index (κ3) is 3.73. The Bertz CT molecular complexity index is 1400. The highest BCUT2D eigenvalue weighted by atomic mass is 32.3. The van der Waals surface area contributed by atoms with Crippen LogP contribution < -0.4 is 4.13 Å². The van der Waals surface area contributed by atoms with Crippen molar-refractivity contribution in [3.05, 3.63) is 125 Å². The smallest absolute Gasteiger partial charge is 0.253 e. The lowest BCUT2D eigenvalue weighted by Crippen LogP contribution is -2.37. The van der Waals surface area contributed by atoms with Crippen molar-refractivity contribution in [2.24, 2.45) is 0 Å². The van der Waals surface area contributed by atoms with Crippen molar-refractivity contribution in [2.45, 2.75) is 17.4 Å². The van der Waals surface area contributed by atoms with Crippen LogP contribution >= 0.6 is 0 Å². The summed E-state index contributed by atoms with van der Waals surface area (Å²) in [7, 11) is -4.06. The van der Waals surface area contributed by atoms with E-state index in [2.05, 4.69) is 4.13 Å². The van der Waals surface area contributed by atoms with E-state index in [0.717, 1.165) is 33.4 Å².